The van der Waals surface area contributed by atoms with E-state index < -0.39 is 0 Å². The van der Waals surface area contributed by atoms with Crippen molar-refractivity contribution in [1.82, 2.24) is 9.47 Å². The van der Waals surface area contributed by atoms with Crippen LogP contribution in [0.15, 0.2) is 24.3 Å². The fraction of sp³-hybridized carbons (Fsp3) is 0.571. The van der Waals surface area contributed by atoms with E-state index in [2.05, 4.69) is 25.1 Å². The van der Waals surface area contributed by atoms with E-state index in [1.54, 1.807) is 7.11 Å². The van der Waals surface area contributed by atoms with E-state index in [0.717, 1.165) is 62.0 Å². The van der Waals surface area contributed by atoms with Gasteiger partial charge in [0.05, 0.1) is 11.7 Å². The fourth-order valence-electron chi connectivity index (χ4n) is 4.62. The van der Waals surface area contributed by atoms with E-state index in [4.69, 9.17) is 9.47 Å². The van der Waals surface area contributed by atoms with Crippen LogP contribution in [0.25, 0.3) is 10.9 Å². The van der Waals surface area contributed by atoms with Crippen LogP contribution < -0.4 is 0 Å². The number of aryl methyl sites for hydroxylation is 2. The van der Waals surface area contributed by atoms with E-state index in [0.29, 0.717) is 0 Å². The molecule has 1 spiro atoms. The molecule has 3 heterocycles. The summed E-state index contributed by atoms with van der Waals surface area (Å²) < 4.78 is 13.9. The molecule has 1 aromatic heterocycles. The summed E-state index contributed by atoms with van der Waals surface area (Å²) in [6, 6.07) is 8.33. The number of aromatic nitrogens is 1. The van der Waals surface area contributed by atoms with E-state index in [1.807, 2.05) is 22.6 Å². The van der Waals surface area contributed by atoms with Gasteiger partial charge in [-0.3, -0.25) is 4.79 Å². The third-order valence-electron chi connectivity index (χ3n) is 6.19. The van der Waals surface area contributed by atoms with E-state index in [9.17, 15) is 4.79 Å². The highest BCUT2D eigenvalue weighted by molar-refractivity contribution is 5.98. The van der Waals surface area contributed by atoms with Crippen molar-refractivity contribution >= 4 is 16.8 Å². The number of carbonyl (C=O) groups is 1. The molecule has 1 amide bonds. The molecule has 0 aliphatic carbocycles. The average Bonchev–Trinajstić information content (AvgIpc) is 2.98. The maximum Gasteiger partial charge on any atom is 0.270 e. The number of carbonyl (C=O) groups excluding carboxylic acids is 1. The number of fused-ring (bicyclic) bond motifs is 1. The van der Waals surface area contributed by atoms with E-state index in [-0.39, 0.29) is 17.6 Å². The van der Waals surface area contributed by atoms with Gasteiger partial charge in [0.1, 0.15) is 5.69 Å². The number of methoxy groups -OCH3 is 1. The molecular formula is C21H28N2O3. The number of hydrogen-bond donors (Lipinski definition) is 0. The van der Waals surface area contributed by atoms with Crippen molar-refractivity contribution in [3.05, 3.63) is 35.5 Å². The number of rotatable bonds is 2. The second-order valence-corrected chi connectivity index (χ2v) is 7.72. The van der Waals surface area contributed by atoms with Crippen molar-refractivity contribution in [2.75, 3.05) is 26.8 Å². The second kappa shape index (κ2) is 6.71. The zero-order chi connectivity index (χ0) is 18.3. The summed E-state index contributed by atoms with van der Waals surface area (Å²) in [4.78, 5) is 15.1. The maximum absolute atomic E-state index is 13.1. The minimum atomic E-state index is -0.209. The molecule has 26 heavy (non-hydrogen) atoms. The molecule has 0 radical (unpaired) electrons. The lowest BCUT2D eigenvalue weighted by atomic mass is 9.82. The number of benzene rings is 1. The number of likely N-dealkylation sites (tertiary alicyclic amines) is 1. The Morgan fingerprint density at radius 3 is 2.77 bits per heavy atom. The first-order chi connectivity index (χ1) is 12.5. The molecule has 2 aromatic rings. The molecule has 0 saturated carbocycles. The van der Waals surface area contributed by atoms with Gasteiger partial charge in [-0.1, -0.05) is 11.6 Å². The number of piperidine rings is 1. The van der Waals surface area contributed by atoms with Gasteiger partial charge >= 0.3 is 0 Å². The molecular weight excluding hydrogens is 328 g/mol. The smallest absolute Gasteiger partial charge is 0.270 e. The Balaban J connectivity index is 1.53. The highest BCUT2D eigenvalue weighted by Crippen LogP contribution is 2.37. The van der Waals surface area contributed by atoms with Crippen molar-refractivity contribution in [3.63, 3.8) is 0 Å². The summed E-state index contributed by atoms with van der Waals surface area (Å²) in [5.41, 5.74) is 2.86. The number of amides is 1. The minimum Gasteiger partial charge on any atom is -0.378 e. The first-order valence-electron chi connectivity index (χ1n) is 9.56. The van der Waals surface area contributed by atoms with Gasteiger partial charge in [-0.2, -0.15) is 0 Å². The normalized spacial score (nSPS) is 22.9. The largest absolute Gasteiger partial charge is 0.378 e. The molecule has 5 heteroatoms. The fourth-order valence-corrected chi connectivity index (χ4v) is 4.62. The molecule has 140 valence electrons. The Kier molecular flexibility index (Phi) is 4.53. The van der Waals surface area contributed by atoms with Crippen LogP contribution in [-0.2, 0) is 16.5 Å². The van der Waals surface area contributed by atoms with Gasteiger partial charge in [-0.25, -0.2) is 0 Å². The second-order valence-electron chi connectivity index (χ2n) is 7.72. The van der Waals surface area contributed by atoms with E-state index in [1.165, 1.54) is 5.56 Å². The summed E-state index contributed by atoms with van der Waals surface area (Å²) in [5, 5.41) is 1.12. The Morgan fingerprint density at radius 1 is 1.27 bits per heavy atom. The minimum absolute atomic E-state index is 0.112. The average molecular weight is 356 g/mol. The molecule has 0 bridgehead atoms. The van der Waals surface area contributed by atoms with E-state index >= 15 is 0 Å². The summed E-state index contributed by atoms with van der Waals surface area (Å²) in [6.07, 6.45) is 3.94. The van der Waals surface area contributed by atoms with Gasteiger partial charge in [-0.05, 0) is 50.8 Å². The van der Waals surface area contributed by atoms with Crippen LogP contribution in [0.3, 0.4) is 0 Å². The highest BCUT2D eigenvalue weighted by Gasteiger charge is 2.45. The predicted molar refractivity (Wildman–Crippen MR) is 102 cm³/mol. The Hall–Kier alpha value is -1.85. The van der Waals surface area contributed by atoms with Gasteiger partial charge in [0.15, 0.2) is 0 Å². The standard InChI is InChI=1S/C21H28N2O3/c1-15-6-7-17-16(13-15)14-18(22(17)2)20(24)23-10-8-21(9-11-23)19(25-3)5-4-12-26-21/h6-7,13-14,19H,4-5,8-12H2,1-3H3/t19-/m1/s1. The molecule has 0 unspecified atom stereocenters. The topological polar surface area (TPSA) is 43.7 Å². The van der Waals surface area contributed by atoms with Crippen LogP contribution in [0.4, 0.5) is 0 Å². The molecule has 2 saturated heterocycles. The third-order valence-corrected chi connectivity index (χ3v) is 6.19. The lowest BCUT2D eigenvalue weighted by Crippen LogP contribution is -2.56. The molecule has 4 rings (SSSR count). The molecule has 2 aliphatic rings. The zero-order valence-corrected chi connectivity index (χ0v) is 16.0. The van der Waals surface area contributed by atoms with Crippen molar-refractivity contribution < 1.29 is 14.3 Å². The number of hydrogen-bond acceptors (Lipinski definition) is 3. The molecule has 2 fully saturated rings. The number of nitrogens with zero attached hydrogens (tertiary/aromatic N) is 2. The summed E-state index contributed by atoms with van der Waals surface area (Å²) >= 11 is 0. The van der Waals surface area contributed by atoms with Crippen molar-refractivity contribution in [3.8, 4) is 0 Å². The lowest BCUT2D eigenvalue weighted by molar-refractivity contribution is -0.183. The molecule has 0 N–H and O–H groups in total. The zero-order valence-electron chi connectivity index (χ0n) is 16.0. The van der Waals surface area contributed by atoms with Crippen molar-refractivity contribution in [2.45, 2.75) is 44.3 Å². The van der Waals surface area contributed by atoms with Gasteiger partial charge in [0, 0.05) is 44.8 Å². The van der Waals surface area contributed by atoms with Crippen LogP contribution in [0.2, 0.25) is 0 Å². The summed E-state index contributed by atoms with van der Waals surface area (Å²) in [6.45, 7) is 4.32. The number of ether oxygens (including phenoxy) is 2. The van der Waals surface area contributed by atoms with Crippen LogP contribution in [-0.4, -0.2) is 53.9 Å². The van der Waals surface area contributed by atoms with Gasteiger partial charge in [0.2, 0.25) is 0 Å². The summed E-state index contributed by atoms with van der Waals surface area (Å²) in [5.74, 6) is 0.112. The van der Waals surface area contributed by atoms with Gasteiger partial charge < -0.3 is 18.9 Å². The van der Waals surface area contributed by atoms with Crippen LogP contribution in [0, 0.1) is 6.92 Å². The SMILES string of the molecule is CO[C@@H]1CCCOC12CCN(C(=O)c1cc3cc(C)ccc3n1C)CC2. The van der Waals surface area contributed by atoms with Crippen LogP contribution in [0.5, 0.6) is 0 Å². The molecule has 5 nitrogen and oxygen atoms in total. The first kappa shape index (κ1) is 17.6. The van der Waals surface area contributed by atoms with Gasteiger partial charge in [-0.15, -0.1) is 0 Å². The molecule has 1 atom stereocenters. The quantitative estimate of drug-likeness (QED) is 0.829. The Morgan fingerprint density at radius 2 is 2.04 bits per heavy atom. The van der Waals surface area contributed by atoms with Crippen LogP contribution >= 0.6 is 0 Å². The molecule has 2 aliphatic heterocycles. The lowest BCUT2D eigenvalue weighted by Gasteiger charge is -2.48. The Bertz CT molecular complexity index is 818. The summed E-state index contributed by atoms with van der Waals surface area (Å²) in [7, 11) is 3.75. The first-order valence-corrected chi connectivity index (χ1v) is 9.56. The van der Waals surface area contributed by atoms with Crippen LogP contribution in [0.1, 0.15) is 41.7 Å². The van der Waals surface area contributed by atoms with Gasteiger partial charge in [0.25, 0.3) is 5.91 Å². The Labute approximate surface area is 154 Å². The van der Waals surface area contributed by atoms with Crippen molar-refractivity contribution in [2.24, 2.45) is 7.05 Å². The van der Waals surface area contributed by atoms with Crippen molar-refractivity contribution in [1.29, 1.82) is 0 Å². The maximum atomic E-state index is 13.1. The predicted octanol–water partition coefficient (Wildman–Crippen LogP) is 3.29. The molecule has 1 aromatic carbocycles. The highest BCUT2D eigenvalue weighted by atomic mass is 16.5. The third kappa shape index (κ3) is 2.83. The monoisotopic (exact) mass is 356 g/mol.